The van der Waals surface area contributed by atoms with E-state index in [1.165, 1.54) is 25.7 Å². The Labute approximate surface area is 96.5 Å². The number of hydrogen-bond acceptors (Lipinski definition) is 4. The van der Waals surface area contributed by atoms with Crippen LogP contribution in [0.15, 0.2) is 6.07 Å². The molecule has 0 spiro atoms. The van der Waals surface area contributed by atoms with Crippen molar-refractivity contribution in [1.82, 2.24) is 9.97 Å². The fourth-order valence-corrected chi connectivity index (χ4v) is 2.52. The molecule has 4 nitrogen and oxygen atoms in total. The molecule has 4 N–H and O–H groups in total. The van der Waals surface area contributed by atoms with Gasteiger partial charge in [-0.25, -0.2) is 9.97 Å². The van der Waals surface area contributed by atoms with E-state index >= 15 is 0 Å². The molecule has 2 rings (SSSR count). The predicted octanol–water partition coefficient (Wildman–Crippen LogP) is 1.60. The predicted molar refractivity (Wildman–Crippen MR) is 64.9 cm³/mol. The maximum absolute atomic E-state index is 5.75. The molecule has 0 atom stereocenters. The first-order chi connectivity index (χ1) is 7.69. The number of rotatable bonds is 2. The highest BCUT2D eigenvalue weighted by Gasteiger charge is 2.22. The molecule has 0 amide bonds. The highest BCUT2D eigenvalue weighted by Crippen LogP contribution is 2.34. The minimum absolute atomic E-state index is 0.548. The van der Waals surface area contributed by atoms with Crippen LogP contribution < -0.4 is 11.5 Å². The van der Waals surface area contributed by atoms with Gasteiger partial charge in [0.1, 0.15) is 11.6 Å². The lowest BCUT2D eigenvalue weighted by Crippen LogP contribution is -2.21. The van der Waals surface area contributed by atoms with Gasteiger partial charge < -0.3 is 11.5 Å². The minimum Gasteiger partial charge on any atom is -0.384 e. The second-order valence-corrected chi connectivity index (χ2v) is 4.72. The van der Waals surface area contributed by atoms with E-state index in [1.807, 2.05) is 13.0 Å². The largest absolute Gasteiger partial charge is 0.384 e. The molecule has 0 unspecified atom stereocenters. The van der Waals surface area contributed by atoms with Crippen LogP contribution in [-0.2, 0) is 0 Å². The van der Waals surface area contributed by atoms with Crippen LogP contribution in [0.25, 0.3) is 0 Å². The van der Waals surface area contributed by atoms with Crippen LogP contribution in [-0.4, -0.2) is 16.5 Å². The maximum atomic E-state index is 5.75. The Kier molecular flexibility index (Phi) is 3.39. The van der Waals surface area contributed by atoms with Gasteiger partial charge in [0.15, 0.2) is 0 Å². The Morgan fingerprint density at radius 2 is 1.94 bits per heavy atom. The summed E-state index contributed by atoms with van der Waals surface area (Å²) in [7, 11) is 0. The fourth-order valence-electron chi connectivity index (χ4n) is 2.52. The zero-order chi connectivity index (χ0) is 11.5. The quantitative estimate of drug-likeness (QED) is 0.793. The summed E-state index contributed by atoms with van der Waals surface area (Å²) in [6, 6.07) is 1.92. The van der Waals surface area contributed by atoms with Gasteiger partial charge in [-0.3, -0.25) is 0 Å². The van der Waals surface area contributed by atoms with Crippen LogP contribution in [0.1, 0.15) is 43.1 Å². The molecule has 16 heavy (non-hydrogen) atoms. The topological polar surface area (TPSA) is 77.8 Å². The van der Waals surface area contributed by atoms with Crippen molar-refractivity contribution < 1.29 is 0 Å². The highest BCUT2D eigenvalue weighted by atomic mass is 14.9. The van der Waals surface area contributed by atoms with Crippen molar-refractivity contribution in [1.29, 1.82) is 0 Å². The van der Waals surface area contributed by atoms with Gasteiger partial charge in [-0.15, -0.1) is 0 Å². The van der Waals surface area contributed by atoms with Gasteiger partial charge in [-0.05, 0) is 45.1 Å². The van der Waals surface area contributed by atoms with Crippen molar-refractivity contribution in [3.63, 3.8) is 0 Å². The Balaban J connectivity index is 2.08. The van der Waals surface area contributed by atoms with E-state index in [1.54, 1.807) is 0 Å². The Morgan fingerprint density at radius 1 is 1.25 bits per heavy atom. The lowest BCUT2D eigenvalue weighted by molar-refractivity contribution is 0.329. The van der Waals surface area contributed by atoms with E-state index in [-0.39, 0.29) is 0 Å². The molecule has 1 heterocycles. The van der Waals surface area contributed by atoms with E-state index < -0.39 is 0 Å². The fraction of sp³-hybridized carbons (Fsp3) is 0.667. The lowest BCUT2D eigenvalue weighted by Gasteiger charge is -2.27. The van der Waals surface area contributed by atoms with Crippen molar-refractivity contribution in [2.45, 2.75) is 38.5 Å². The molecule has 1 saturated carbocycles. The van der Waals surface area contributed by atoms with Crippen LogP contribution in [0, 0.1) is 12.8 Å². The standard InChI is InChI=1S/C12H20N4/c1-8-15-11(6-12(14)16-8)10-4-2-9(7-13)3-5-10/h6,9-10H,2-5,7,13H2,1H3,(H2,14,15,16). The van der Waals surface area contributed by atoms with Gasteiger partial charge in [0, 0.05) is 17.7 Å². The number of aryl methyl sites for hydroxylation is 1. The summed E-state index contributed by atoms with van der Waals surface area (Å²) in [5.41, 5.74) is 12.5. The average molecular weight is 220 g/mol. The van der Waals surface area contributed by atoms with Gasteiger partial charge >= 0.3 is 0 Å². The number of nitrogens with two attached hydrogens (primary N) is 2. The highest BCUT2D eigenvalue weighted by molar-refractivity contribution is 5.31. The first-order valence-corrected chi connectivity index (χ1v) is 6.00. The monoisotopic (exact) mass is 220 g/mol. The van der Waals surface area contributed by atoms with Crippen molar-refractivity contribution in [3.8, 4) is 0 Å². The van der Waals surface area contributed by atoms with E-state index in [9.17, 15) is 0 Å². The summed E-state index contributed by atoms with van der Waals surface area (Å²) < 4.78 is 0. The maximum Gasteiger partial charge on any atom is 0.127 e. The van der Waals surface area contributed by atoms with Crippen LogP contribution in [0.5, 0.6) is 0 Å². The van der Waals surface area contributed by atoms with Crippen LogP contribution in [0.3, 0.4) is 0 Å². The number of anilines is 1. The van der Waals surface area contributed by atoms with Crippen molar-refractivity contribution in [3.05, 3.63) is 17.6 Å². The normalized spacial score (nSPS) is 25.6. The number of nitrogens with zero attached hydrogens (tertiary/aromatic N) is 2. The molecule has 0 saturated heterocycles. The van der Waals surface area contributed by atoms with Gasteiger partial charge in [-0.1, -0.05) is 0 Å². The molecule has 88 valence electrons. The number of aromatic nitrogens is 2. The first kappa shape index (κ1) is 11.3. The third-order valence-corrected chi connectivity index (χ3v) is 3.48. The molecule has 0 aliphatic heterocycles. The Bertz CT molecular complexity index is 336. The molecule has 1 fully saturated rings. The first-order valence-electron chi connectivity index (χ1n) is 6.00. The molecule has 0 aromatic carbocycles. The number of hydrogen-bond donors (Lipinski definition) is 2. The van der Waals surface area contributed by atoms with E-state index in [2.05, 4.69) is 9.97 Å². The third-order valence-electron chi connectivity index (χ3n) is 3.48. The second-order valence-electron chi connectivity index (χ2n) is 4.72. The van der Waals surface area contributed by atoms with Gasteiger partial charge in [0.2, 0.25) is 0 Å². The minimum atomic E-state index is 0.548. The summed E-state index contributed by atoms with van der Waals surface area (Å²) in [6.07, 6.45) is 4.78. The third kappa shape index (κ3) is 2.50. The van der Waals surface area contributed by atoms with Crippen molar-refractivity contribution in [2.24, 2.45) is 11.7 Å². The second kappa shape index (κ2) is 4.78. The zero-order valence-electron chi connectivity index (χ0n) is 9.82. The molecule has 1 aliphatic rings. The molecular weight excluding hydrogens is 200 g/mol. The van der Waals surface area contributed by atoms with E-state index in [0.29, 0.717) is 17.7 Å². The molecule has 0 bridgehead atoms. The van der Waals surface area contributed by atoms with Crippen LogP contribution >= 0.6 is 0 Å². The van der Waals surface area contributed by atoms with Crippen molar-refractivity contribution in [2.75, 3.05) is 12.3 Å². The summed E-state index contributed by atoms with van der Waals surface area (Å²) in [4.78, 5) is 8.59. The van der Waals surface area contributed by atoms with E-state index in [4.69, 9.17) is 11.5 Å². The van der Waals surface area contributed by atoms with Crippen LogP contribution in [0.4, 0.5) is 5.82 Å². The SMILES string of the molecule is Cc1nc(N)cc(C2CCC(CN)CC2)n1. The summed E-state index contributed by atoms with van der Waals surface area (Å²) in [5.74, 6) is 2.61. The number of nitrogen functional groups attached to an aromatic ring is 1. The average Bonchev–Trinajstić information content (AvgIpc) is 2.28. The molecule has 1 aromatic rings. The molecule has 1 aliphatic carbocycles. The Morgan fingerprint density at radius 3 is 2.50 bits per heavy atom. The van der Waals surface area contributed by atoms with Gasteiger partial charge in [0.25, 0.3) is 0 Å². The van der Waals surface area contributed by atoms with E-state index in [0.717, 1.165) is 18.1 Å². The summed E-state index contributed by atoms with van der Waals surface area (Å²) in [6.45, 7) is 2.71. The summed E-state index contributed by atoms with van der Waals surface area (Å²) in [5, 5.41) is 0. The van der Waals surface area contributed by atoms with Gasteiger partial charge in [0.05, 0.1) is 0 Å². The Hall–Kier alpha value is -1.16. The smallest absolute Gasteiger partial charge is 0.127 e. The van der Waals surface area contributed by atoms with Crippen LogP contribution in [0.2, 0.25) is 0 Å². The summed E-state index contributed by atoms with van der Waals surface area (Å²) >= 11 is 0. The molecule has 1 aromatic heterocycles. The van der Waals surface area contributed by atoms with Crippen molar-refractivity contribution >= 4 is 5.82 Å². The molecular formula is C12H20N4. The van der Waals surface area contributed by atoms with Gasteiger partial charge in [-0.2, -0.15) is 0 Å². The lowest BCUT2D eigenvalue weighted by atomic mass is 9.80. The molecule has 4 heteroatoms. The molecule has 0 radical (unpaired) electrons. The zero-order valence-corrected chi connectivity index (χ0v) is 9.82.